The van der Waals surface area contributed by atoms with Crippen LogP contribution in [0.15, 0.2) is 24.5 Å². The van der Waals surface area contributed by atoms with Crippen molar-refractivity contribution in [3.8, 4) is 5.75 Å². The molecule has 0 fully saturated rings. The Hall–Kier alpha value is -2.87. The Morgan fingerprint density at radius 2 is 2.00 bits per heavy atom. The van der Waals surface area contributed by atoms with Crippen molar-refractivity contribution in [1.82, 2.24) is 19.5 Å². The van der Waals surface area contributed by atoms with E-state index in [4.69, 9.17) is 0 Å². The van der Waals surface area contributed by atoms with E-state index in [0.717, 1.165) is 11.1 Å². The highest BCUT2D eigenvalue weighted by atomic mass is 16.3. The fourth-order valence-corrected chi connectivity index (χ4v) is 2.82. The van der Waals surface area contributed by atoms with Gasteiger partial charge in [0.1, 0.15) is 5.75 Å². The van der Waals surface area contributed by atoms with Crippen LogP contribution in [0.2, 0.25) is 0 Å². The van der Waals surface area contributed by atoms with Crippen LogP contribution in [0, 0.1) is 12.8 Å². The third-order valence-electron chi connectivity index (χ3n) is 4.56. The van der Waals surface area contributed by atoms with E-state index >= 15 is 0 Å². The Bertz CT molecular complexity index is 937. The molecule has 0 bridgehead atoms. The number of hydrogen-bond donors (Lipinski definition) is 4. The summed E-state index contributed by atoms with van der Waals surface area (Å²) < 4.78 is 1.82. The first-order valence-corrected chi connectivity index (χ1v) is 8.98. The van der Waals surface area contributed by atoms with Crippen molar-refractivity contribution in [2.24, 2.45) is 13.0 Å². The molecule has 8 nitrogen and oxygen atoms in total. The molecule has 0 saturated carbocycles. The summed E-state index contributed by atoms with van der Waals surface area (Å²) in [4.78, 5) is 13.5. The Balaban J connectivity index is 1.92. The van der Waals surface area contributed by atoms with Gasteiger partial charge in [-0.3, -0.25) is 0 Å². The normalized spacial score (nSPS) is 12.5. The molecule has 0 aliphatic carbocycles. The minimum atomic E-state index is -0.149. The van der Waals surface area contributed by atoms with Gasteiger partial charge in [0.2, 0.25) is 5.95 Å². The average molecular weight is 370 g/mol. The maximum Gasteiger partial charge on any atom is 0.227 e. The molecule has 0 saturated heterocycles. The van der Waals surface area contributed by atoms with Gasteiger partial charge in [0.25, 0.3) is 0 Å². The van der Waals surface area contributed by atoms with Crippen molar-refractivity contribution < 1.29 is 10.2 Å². The number of aliphatic hydroxyl groups is 1. The van der Waals surface area contributed by atoms with Crippen LogP contribution in [0.3, 0.4) is 0 Å². The van der Waals surface area contributed by atoms with E-state index in [-0.39, 0.29) is 24.3 Å². The maximum absolute atomic E-state index is 10.1. The van der Waals surface area contributed by atoms with Crippen LogP contribution in [0.1, 0.15) is 25.0 Å². The van der Waals surface area contributed by atoms with Crippen LogP contribution in [-0.4, -0.2) is 42.4 Å². The largest absolute Gasteiger partial charge is 0.508 e. The fraction of sp³-hybridized carbons (Fsp3) is 0.421. The highest BCUT2D eigenvalue weighted by Gasteiger charge is 2.17. The van der Waals surface area contributed by atoms with Gasteiger partial charge in [-0.05, 0) is 18.9 Å². The summed E-state index contributed by atoms with van der Waals surface area (Å²) in [5.41, 5.74) is 3.19. The van der Waals surface area contributed by atoms with E-state index in [1.54, 1.807) is 12.4 Å². The Morgan fingerprint density at radius 1 is 1.22 bits per heavy atom. The van der Waals surface area contributed by atoms with Gasteiger partial charge in [-0.1, -0.05) is 31.5 Å². The van der Waals surface area contributed by atoms with Crippen molar-refractivity contribution in [2.75, 3.05) is 17.2 Å². The molecule has 0 radical (unpaired) electrons. The van der Waals surface area contributed by atoms with E-state index in [9.17, 15) is 10.2 Å². The zero-order valence-electron chi connectivity index (χ0n) is 16.1. The van der Waals surface area contributed by atoms with Crippen LogP contribution in [0.25, 0.3) is 11.2 Å². The van der Waals surface area contributed by atoms with E-state index in [1.807, 2.05) is 44.5 Å². The fourth-order valence-electron chi connectivity index (χ4n) is 2.82. The molecule has 2 aromatic heterocycles. The average Bonchev–Trinajstić information content (AvgIpc) is 3.01. The first-order chi connectivity index (χ1) is 12.9. The summed E-state index contributed by atoms with van der Waals surface area (Å²) >= 11 is 0. The zero-order valence-corrected chi connectivity index (χ0v) is 16.1. The molecule has 0 spiro atoms. The molecule has 3 rings (SSSR count). The molecule has 1 aromatic carbocycles. The van der Waals surface area contributed by atoms with Gasteiger partial charge in [0.05, 0.1) is 19.0 Å². The van der Waals surface area contributed by atoms with Gasteiger partial charge in [-0.25, -0.2) is 4.98 Å². The monoisotopic (exact) mass is 370 g/mol. The highest BCUT2D eigenvalue weighted by molar-refractivity contribution is 5.84. The number of aliphatic hydroxyl groups excluding tert-OH is 1. The van der Waals surface area contributed by atoms with E-state index in [1.165, 1.54) is 0 Å². The summed E-state index contributed by atoms with van der Waals surface area (Å²) in [6.45, 7) is 6.42. The Labute approximate surface area is 158 Å². The van der Waals surface area contributed by atoms with Crippen molar-refractivity contribution in [3.63, 3.8) is 0 Å². The molecule has 1 unspecified atom stereocenters. The molecule has 0 amide bonds. The molecule has 3 aromatic rings. The summed E-state index contributed by atoms with van der Waals surface area (Å²) in [5.74, 6) is 1.46. The molecular formula is C19H26N6O2. The molecule has 1 atom stereocenters. The second-order valence-electron chi connectivity index (χ2n) is 7.09. The van der Waals surface area contributed by atoms with Gasteiger partial charge >= 0.3 is 0 Å². The lowest BCUT2D eigenvalue weighted by Gasteiger charge is -2.20. The summed E-state index contributed by atoms with van der Waals surface area (Å²) in [6.07, 6.45) is 1.68. The number of nitrogens with one attached hydrogen (secondary N) is 2. The minimum absolute atomic E-state index is 0.00955. The number of aromatic hydroxyl groups is 1. The van der Waals surface area contributed by atoms with Crippen LogP contribution >= 0.6 is 0 Å². The smallest absolute Gasteiger partial charge is 0.227 e. The minimum Gasteiger partial charge on any atom is -0.508 e. The second-order valence-corrected chi connectivity index (χ2v) is 7.09. The summed E-state index contributed by atoms with van der Waals surface area (Å²) in [6, 6.07) is 5.33. The number of fused-ring (bicyclic) bond motifs is 1. The van der Waals surface area contributed by atoms with Gasteiger partial charge in [-0.15, -0.1) is 0 Å². The summed E-state index contributed by atoms with van der Waals surface area (Å²) in [7, 11) is 1.87. The second kappa shape index (κ2) is 7.79. The zero-order chi connectivity index (χ0) is 19.6. The number of benzene rings is 1. The third-order valence-corrected chi connectivity index (χ3v) is 4.56. The van der Waals surface area contributed by atoms with Crippen molar-refractivity contribution in [2.45, 2.75) is 33.4 Å². The number of anilines is 2. The number of phenolic OH excluding ortho intramolecular Hbond substituents is 1. The predicted molar refractivity (Wildman–Crippen MR) is 106 cm³/mol. The molecule has 0 aliphatic rings. The number of nitrogens with zero attached hydrogens (tertiary/aromatic N) is 4. The topological polar surface area (TPSA) is 108 Å². The van der Waals surface area contributed by atoms with Gasteiger partial charge < -0.3 is 25.4 Å². The molecular weight excluding hydrogens is 344 g/mol. The maximum atomic E-state index is 10.1. The Morgan fingerprint density at radius 3 is 2.70 bits per heavy atom. The van der Waals surface area contributed by atoms with Gasteiger partial charge in [-0.2, -0.15) is 9.97 Å². The third kappa shape index (κ3) is 4.11. The molecule has 144 valence electrons. The highest BCUT2D eigenvalue weighted by Crippen LogP contribution is 2.24. The van der Waals surface area contributed by atoms with Gasteiger partial charge in [0, 0.05) is 19.2 Å². The van der Waals surface area contributed by atoms with Crippen LogP contribution in [0.5, 0.6) is 5.75 Å². The number of aryl methyl sites for hydroxylation is 2. The lowest BCUT2D eigenvalue weighted by molar-refractivity contribution is 0.248. The lowest BCUT2D eigenvalue weighted by atomic mass is 10.1. The summed E-state index contributed by atoms with van der Waals surface area (Å²) in [5, 5.41) is 26.1. The molecule has 2 heterocycles. The van der Waals surface area contributed by atoms with Crippen molar-refractivity contribution in [1.29, 1.82) is 0 Å². The van der Waals surface area contributed by atoms with Crippen LogP contribution < -0.4 is 10.6 Å². The Kier molecular flexibility index (Phi) is 5.46. The number of aromatic nitrogens is 4. The first-order valence-electron chi connectivity index (χ1n) is 8.98. The standard InChI is InChI=1S/C19H26N6O2/c1-11(2)14(9-26)22-19-23-17(16-18(24-19)25(4)10-21-16)20-8-13-7-12(3)5-6-15(13)27/h5-7,10-11,14,26-27H,8-9H2,1-4H3,(H2,20,22,23,24). The number of phenols is 1. The van der Waals surface area contributed by atoms with E-state index in [0.29, 0.717) is 29.5 Å². The molecule has 27 heavy (non-hydrogen) atoms. The number of hydrogen-bond acceptors (Lipinski definition) is 7. The number of imidazole rings is 1. The number of rotatable bonds is 7. The van der Waals surface area contributed by atoms with Crippen molar-refractivity contribution >= 4 is 22.9 Å². The molecule has 4 N–H and O–H groups in total. The van der Waals surface area contributed by atoms with E-state index in [2.05, 4.69) is 25.6 Å². The first kappa shape index (κ1) is 18.9. The quantitative estimate of drug-likeness (QED) is 0.506. The predicted octanol–water partition coefficient (Wildman–Crippen LogP) is 2.42. The van der Waals surface area contributed by atoms with Gasteiger partial charge in [0.15, 0.2) is 17.0 Å². The van der Waals surface area contributed by atoms with Crippen LogP contribution in [0.4, 0.5) is 11.8 Å². The molecule has 0 aliphatic heterocycles. The van der Waals surface area contributed by atoms with Crippen LogP contribution in [-0.2, 0) is 13.6 Å². The van der Waals surface area contributed by atoms with E-state index < -0.39 is 0 Å². The lowest BCUT2D eigenvalue weighted by Crippen LogP contribution is -2.30. The van der Waals surface area contributed by atoms with Crippen molar-refractivity contribution in [3.05, 3.63) is 35.7 Å². The molecule has 8 heteroatoms. The SMILES string of the molecule is Cc1ccc(O)c(CNc2nc(NC(CO)C(C)C)nc3c2ncn3C)c1.